The van der Waals surface area contributed by atoms with E-state index < -0.39 is 26.1 Å². The maximum absolute atomic E-state index is 11.9. The molecule has 0 saturated carbocycles. The molecule has 5 nitrogen and oxygen atoms in total. The van der Waals surface area contributed by atoms with Crippen LogP contribution in [0.5, 0.6) is 0 Å². The molecule has 100 valence electrons. The molecule has 0 aliphatic carbocycles. The highest BCUT2D eigenvalue weighted by Gasteiger charge is 2.32. The number of sulfone groups is 1. The molecule has 1 aromatic rings. The summed E-state index contributed by atoms with van der Waals surface area (Å²) in [7, 11) is -7.02. The van der Waals surface area contributed by atoms with E-state index in [1.165, 1.54) is 12.1 Å². The minimum absolute atomic E-state index is 0.0128. The highest BCUT2D eigenvalue weighted by Crippen LogP contribution is 2.21. The van der Waals surface area contributed by atoms with Gasteiger partial charge in [0, 0.05) is 0 Å². The van der Waals surface area contributed by atoms with Gasteiger partial charge in [-0.1, -0.05) is 17.7 Å². The van der Waals surface area contributed by atoms with E-state index in [9.17, 15) is 16.8 Å². The molecule has 1 atom stereocenters. The molecule has 1 aliphatic heterocycles. The van der Waals surface area contributed by atoms with E-state index in [2.05, 4.69) is 0 Å². The largest absolute Gasteiger partial charge is 0.297 e. The van der Waals surface area contributed by atoms with Gasteiger partial charge in [0.2, 0.25) is 0 Å². The van der Waals surface area contributed by atoms with Crippen LogP contribution in [0.15, 0.2) is 29.2 Å². The van der Waals surface area contributed by atoms with Crippen LogP contribution >= 0.6 is 0 Å². The molecule has 1 aliphatic rings. The van der Waals surface area contributed by atoms with Crippen LogP contribution in [0.1, 0.15) is 12.0 Å². The Hall–Kier alpha value is -0.920. The Bertz CT molecular complexity index is 629. The van der Waals surface area contributed by atoms with E-state index in [4.69, 9.17) is 4.18 Å². The zero-order valence-corrected chi connectivity index (χ0v) is 11.5. The maximum atomic E-state index is 11.9. The first-order valence-corrected chi connectivity index (χ1v) is 8.72. The Morgan fingerprint density at radius 3 is 2.33 bits per heavy atom. The standard InChI is InChI=1S/C11H14O5S2/c1-9-2-4-11(5-3-9)18(14,15)16-10-6-7-17(12,13)8-10/h2-5,10H,6-8H2,1H3/t10-/m0/s1. The van der Waals surface area contributed by atoms with Gasteiger partial charge in [0.25, 0.3) is 10.1 Å². The Labute approximate surface area is 107 Å². The molecular formula is C11H14O5S2. The van der Waals surface area contributed by atoms with Gasteiger partial charge in [-0.2, -0.15) is 8.42 Å². The van der Waals surface area contributed by atoms with Crippen molar-refractivity contribution in [2.24, 2.45) is 0 Å². The third kappa shape index (κ3) is 3.09. The van der Waals surface area contributed by atoms with E-state index >= 15 is 0 Å². The van der Waals surface area contributed by atoms with E-state index in [-0.39, 0.29) is 22.8 Å². The minimum Gasteiger partial charge on any atom is -0.262 e. The summed E-state index contributed by atoms with van der Waals surface area (Å²) in [4.78, 5) is 0.0531. The van der Waals surface area contributed by atoms with E-state index in [0.29, 0.717) is 0 Å². The second kappa shape index (κ2) is 4.64. The fourth-order valence-corrected chi connectivity index (χ4v) is 4.56. The van der Waals surface area contributed by atoms with Gasteiger partial charge in [0.1, 0.15) is 0 Å². The lowest BCUT2D eigenvalue weighted by Gasteiger charge is -2.10. The number of aryl methyl sites for hydroxylation is 1. The Morgan fingerprint density at radius 1 is 1.22 bits per heavy atom. The van der Waals surface area contributed by atoms with Gasteiger partial charge in [-0.15, -0.1) is 0 Å². The van der Waals surface area contributed by atoms with Crippen LogP contribution in [0.3, 0.4) is 0 Å². The average molecular weight is 290 g/mol. The first-order chi connectivity index (χ1) is 8.28. The fourth-order valence-electron chi connectivity index (χ4n) is 1.78. The third-order valence-electron chi connectivity index (χ3n) is 2.76. The molecular weight excluding hydrogens is 276 g/mol. The highest BCUT2D eigenvalue weighted by molar-refractivity contribution is 7.91. The van der Waals surface area contributed by atoms with Gasteiger partial charge < -0.3 is 0 Å². The van der Waals surface area contributed by atoms with Crippen LogP contribution in [-0.2, 0) is 24.1 Å². The molecule has 0 aromatic heterocycles. The highest BCUT2D eigenvalue weighted by atomic mass is 32.2. The van der Waals surface area contributed by atoms with E-state index in [1.54, 1.807) is 12.1 Å². The van der Waals surface area contributed by atoms with Crippen LogP contribution < -0.4 is 0 Å². The quantitative estimate of drug-likeness (QED) is 0.773. The van der Waals surface area contributed by atoms with Crippen molar-refractivity contribution in [1.29, 1.82) is 0 Å². The number of benzene rings is 1. The third-order valence-corrected chi connectivity index (χ3v) is 5.88. The summed E-state index contributed by atoms with van der Waals surface area (Å²) in [6.45, 7) is 1.85. The fraction of sp³-hybridized carbons (Fsp3) is 0.455. The topological polar surface area (TPSA) is 77.5 Å². The summed E-state index contributed by atoms with van der Waals surface area (Å²) in [6, 6.07) is 6.24. The maximum Gasteiger partial charge on any atom is 0.297 e. The van der Waals surface area contributed by atoms with Crippen molar-refractivity contribution in [3.05, 3.63) is 29.8 Å². The lowest BCUT2D eigenvalue weighted by Crippen LogP contribution is -2.19. The molecule has 18 heavy (non-hydrogen) atoms. The molecule has 7 heteroatoms. The van der Waals surface area contributed by atoms with Crippen molar-refractivity contribution in [3.8, 4) is 0 Å². The molecule has 2 rings (SSSR count). The zero-order chi connectivity index (χ0) is 13.4. The first kappa shape index (κ1) is 13.5. The molecule has 0 unspecified atom stereocenters. The SMILES string of the molecule is Cc1ccc(S(=O)(=O)O[C@H]2CCS(=O)(=O)C2)cc1. The molecule has 1 aromatic carbocycles. The Balaban J connectivity index is 2.16. The van der Waals surface area contributed by atoms with Crippen molar-refractivity contribution in [2.45, 2.75) is 24.3 Å². The van der Waals surface area contributed by atoms with Crippen LogP contribution in [0, 0.1) is 6.92 Å². The molecule has 0 bridgehead atoms. The second-order valence-corrected chi connectivity index (χ2v) is 8.19. The van der Waals surface area contributed by atoms with Crippen LogP contribution in [0.2, 0.25) is 0 Å². The number of rotatable bonds is 3. The Morgan fingerprint density at radius 2 is 1.83 bits per heavy atom. The van der Waals surface area contributed by atoms with Crippen molar-refractivity contribution in [2.75, 3.05) is 11.5 Å². The second-order valence-electron chi connectivity index (χ2n) is 4.39. The van der Waals surface area contributed by atoms with Crippen LogP contribution in [0.4, 0.5) is 0 Å². The minimum atomic E-state index is -3.88. The first-order valence-electron chi connectivity index (χ1n) is 5.49. The smallest absolute Gasteiger partial charge is 0.262 e. The molecule has 0 N–H and O–H groups in total. The van der Waals surface area contributed by atoms with Crippen LogP contribution in [0.25, 0.3) is 0 Å². The lowest BCUT2D eigenvalue weighted by molar-refractivity contribution is 0.236. The number of hydrogen-bond acceptors (Lipinski definition) is 5. The average Bonchev–Trinajstić information content (AvgIpc) is 2.57. The van der Waals surface area contributed by atoms with E-state index in [0.717, 1.165) is 5.56 Å². The van der Waals surface area contributed by atoms with Crippen molar-refractivity contribution < 1.29 is 21.0 Å². The number of hydrogen-bond donors (Lipinski definition) is 0. The zero-order valence-electron chi connectivity index (χ0n) is 9.87. The monoisotopic (exact) mass is 290 g/mol. The molecule has 1 heterocycles. The van der Waals surface area contributed by atoms with Crippen molar-refractivity contribution in [3.63, 3.8) is 0 Å². The van der Waals surface area contributed by atoms with Gasteiger partial charge in [-0.05, 0) is 25.5 Å². The summed E-state index contributed by atoms with van der Waals surface area (Å²) in [6.07, 6.45) is -0.533. The molecule has 0 spiro atoms. The van der Waals surface area contributed by atoms with Crippen LogP contribution in [-0.4, -0.2) is 34.4 Å². The molecule has 0 amide bonds. The summed E-state index contributed by atoms with van der Waals surface area (Å²) in [5.74, 6) is -0.237. The molecule has 0 radical (unpaired) electrons. The van der Waals surface area contributed by atoms with Gasteiger partial charge in [0.15, 0.2) is 9.84 Å². The van der Waals surface area contributed by atoms with Crippen molar-refractivity contribution in [1.82, 2.24) is 0 Å². The molecule has 1 saturated heterocycles. The van der Waals surface area contributed by atoms with Gasteiger partial charge in [0.05, 0.1) is 22.5 Å². The van der Waals surface area contributed by atoms with Gasteiger partial charge >= 0.3 is 0 Å². The normalized spacial score (nSPS) is 23.1. The summed E-state index contributed by atoms with van der Waals surface area (Å²) in [5, 5.41) is 0. The molecule has 1 fully saturated rings. The predicted molar refractivity (Wildman–Crippen MR) is 66.5 cm³/mol. The predicted octanol–water partition coefficient (Wildman–Crippen LogP) is 0.887. The van der Waals surface area contributed by atoms with Crippen molar-refractivity contribution >= 4 is 20.0 Å². The van der Waals surface area contributed by atoms with Gasteiger partial charge in [-0.3, -0.25) is 4.18 Å². The summed E-state index contributed by atoms with van der Waals surface area (Å²) >= 11 is 0. The summed E-state index contributed by atoms with van der Waals surface area (Å²) < 4.78 is 51.2. The van der Waals surface area contributed by atoms with Gasteiger partial charge in [-0.25, -0.2) is 8.42 Å². The summed E-state index contributed by atoms with van der Waals surface area (Å²) in [5.41, 5.74) is 0.942. The van der Waals surface area contributed by atoms with E-state index in [1.807, 2.05) is 6.92 Å². The Kier molecular flexibility index (Phi) is 3.48. The lowest BCUT2D eigenvalue weighted by atomic mass is 10.2.